The summed E-state index contributed by atoms with van der Waals surface area (Å²) in [6, 6.07) is 20.7. The van der Waals surface area contributed by atoms with Crippen LogP contribution in [0, 0.1) is 0 Å². The van der Waals surface area contributed by atoms with Crippen LogP contribution in [0.3, 0.4) is 0 Å². The Morgan fingerprint density at radius 3 is 2.18 bits per heavy atom. The summed E-state index contributed by atoms with van der Waals surface area (Å²) in [4.78, 5) is 14.1. The number of hydrogen-bond donors (Lipinski definition) is 2. The smallest absolute Gasteiger partial charge is 0.322 e. The molecular formula is C25H21F3N2O3S. The number of alkyl halides is 3. The molecule has 0 bridgehead atoms. The summed E-state index contributed by atoms with van der Waals surface area (Å²) in [6.45, 7) is 0.259. The lowest BCUT2D eigenvalue weighted by Crippen LogP contribution is -2.26. The summed E-state index contributed by atoms with van der Waals surface area (Å²) in [5, 5.41) is -0.0913. The molecule has 0 spiro atoms. The summed E-state index contributed by atoms with van der Waals surface area (Å²) < 4.78 is 67.8. The Balaban J connectivity index is 1.49. The third kappa shape index (κ3) is 5.55. The second kappa shape index (κ2) is 9.44. The maximum Gasteiger partial charge on any atom is 0.417 e. The Labute approximate surface area is 194 Å². The lowest BCUT2D eigenvalue weighted by molar-refractivity contribution is -0.136. The van der Waals surface area contributed by atoms with Gasteiger partial charge in [0.15, 0.2) is 0 Å². The molecule has 4 aromatic rings. The minimum Gasteiger partial charge on any atom is -0.322 e. The van der Waals surface area contributed by atoms with Gasteiger partial charge >= 0.3 is 6.18 Å². The number of H-pyrrole nitrogens is 1. The molecule has 0 aliphatic heterocycles. The number of fused-ring (bicyclic) bond motifs is 1. The second-order valence-electron chi connectivity index (χ2n) is 7.88. The maximum atomic E-state index is 13.4. The van der Waals surface area contributed by atoms with E-state index in [1.807, 2.05) is 30.3 Å². The molecule has 0 radical (unpaired) electrons. The molecule has 3 aromatic carbocycles. The number of sulfonamides is 1. The number of nitrogens with one attached hydrogen (secondary N) is 2. The zero-order chi connectivity index (χ0) is 24.3. The SMILES string of the molecule is O=c1cc(C(F)(F)F)c2cc(Cc3ccc(S(=O)(=O)NCCc4ccccc4)cc3)ccc2[nH]1. The molecule has 0 aliphatic carbocycles. The summed E-state index contributed by atoms with van der Waals surface area (Å²) in [7, 11) is -3.68. The zero-order valence-corrected chi connectivity index (χ0v) is 18.7. The van der Waals surface area contributed by atoms with Crippen LogP contribution in [0.5, 0.6) is 0 Å². The minimum absolute atomic E-state index is 0.0913. The van der Waals surface area contributed by atoms with Gasteiger partial charge in [-0.3, -0.25) is 4.79 Å². The number of halogens is 3. The molecule has 5 nitrogen and oxygen atoms in total. The normalized spacial score (nSPS) is 12.2. The van der Waals surface area contributed by atoms with Gasteiger partial charge in [-0.05, 0) is 53.8 Å². The molecule has 1 heterocycles. The Bertz CT molecular complexity index is 1460. The van der Waals surface area contributed by atoms with Crippen molar-refractivity contribution in [3.05, 3.63) is 111 Å². The molecule has 0 amide bonds. The fourth-order valence-corrected chi connectivity index (χ4v) is 4.76. The first-order chi connectivity index (χ1) is 16.1. The standard InChI is InChI=1S/C25H21F3N2O3S/c26-25(27,28)22-16-24(31)30-23-11-8-19(15-21(22)23)14-18-6-9-20(10-7-18)34(32,33)29-13-12-17-4-2-1-3-5-17/h1-11,15-16,29H,12-14H2,(H,30,31). The van der Waals surface area contributed by atoms with E-state index < -0.39 is 27.3 Å². The van der Waals surface area contributed by atoms with Gasteiger partial charge in [0.1, 0.15) is 0 Å². The van der Waals surface area contributed by atoms with E-state index >= 15 is 0 Å². The van der Waals surface area contributed by atoms with E-state index in [1.54, 1.807) is 18.2 Å². The Hall–Kier alpha value is -3.43. The summed E-state index contributed by atoms with van der Waals surface area (Å²) in [6.07, 6.45) is -3.80. The average molecular weight is 487 g/mol. The molecule has 4 rings (SSSR count). The number of hydrogen-bond acceptors (Lipinski definition) is 3. The molecule has 176 valence electrons. The van der Waals surface area contributed by atoms with E-state index in [1.165, 1.54) is 24.3 Å². The molecule has 0 fully saturated rings. The first-order valence-electron chi connectivity index (χ1n) is 10.5. The van der Waals surface area contributed by atoms with Crippen molar-refractivity contribution in [1.82, 2.24) is 9.71 Å². The second-order valence-corrected chi connectivity index (χ2v) is 9.65. The predicted octanol–water partition coefficient (Wildman–Crippen LogP) is 4.66. The first-order valence-corrected chi connectivity index (χ1v) is 12.0. The highest BCUT2D eigenvalue weighted by atomic mass is 32.2. The number of pyridine rings is 1. The van der Waals surface area contributed by atoms with Gasteiger partial charge in [-0.25, -0.2) is 13.1 Å². The third-order valence-electron chi connectivity index (χ3n) is 5.40. The van der Waals surface area contributed by atoms with Gasteiger partial charge in [-0.15, -0.1) is 0 Å². The number of benzene rings is 3. The monoisotopic (exact) mass is 486 g/mol. The fourth-order valence-electron chi connectivity index (χ4n) is 3.73. The van der Waals surface area contributed by atoms with E-state index in [0.29, 0.717) is 24.5 Å². The highest BCUT2D eigenvalue weighted by molar-refractivity contribution is 7.89. The topological polar surface area (TPSA) is 79.0 Å². The van der Waals surface area contributed by atoms with Crippen molar-refractivity contribution in [3.63, 3.8) is 0 Å². The maximum absolute atomic E-state index is 13.4. The molecule has 34 heavy (non-hydrogen) atoms. The number of aromatic amines is 1. The number of rotatable bonds is 7. The minimum atomic E-state index is -4.66. The lowest BCUT2D eigenvalue weighted by atomic mass is 10.0. The molecule has 1 aromatic heterocycles. The van der Waals surface area contributed by atoms with Crippen LogP contribution in [0.15, 0.2) is 88.6 Å². The van der Waals surface area contributed by atoms with E-state index in [-0.39, 0.29) is 22.3 Å². The van der Waals surface area contributed by atoms with Gasteiger partial charge in [0.05, 0.1) is 10.5 Å². The van der Waals surface area contributed by atoms with Crippen LogP contribution in [-0.2, 0) is 29.0 Å². The molecule has 0 unspecified atom stereocenters. The van der Waals surface area contributed by atoms with Crippen LogP contribution in [0.1, 0.15) is 22.3 Å². The predicted molar refractivity (Wildman–Crippen MR) is 124 cm³/mol. The fraction of sp³-hybridized carbons (Fsp3) is 0.160. The summed E-state index contributed by atoms with van der Waals surface area (Å²) >= 11 is 0. The summed E-state index contributed by atoms with van der Waals surface area (Å²) in [5.41, 5.74) is 0.653. The van der Waals surface area contributed by atoms with Crippen molar-refractivity contribution < 1.29 is 21.6 Å². The largest absolute Gasteiger partial charge is 0.417 e. The number of aromatic nitrogens is 1. The zero-order valence-electron chi connectivity index (χ0n) is 17.9. The molecule has 0 saturated heterocycles. The van der Waals surface area contributed by atoms with Gasteiger partial charge in [0.2, 0.25) is 15.6 Å². The quantitative estimate of drug-likeness (QED) is 0.399. The van der Waals surface area contributed by atoms with Crippen LogP contribution < -0.4 is 10.3 Å². The van der Waals surface area contributed by atoms with Crippen LogP contribution in [-0.4, -0.2) is 19.9 Å². The molecule has 9 heteroatoms. The van der Waals surface area contributed by atoms with Gasteiger partial charge in [0.25, 0.3) is 0 Å². The molecular weight excluding hydrogens is 465 g/mol. The average Bonchev–Trinajstić information content (AvgIpc) is 2.79. The van der Waals surface area contributed by atoms with E-state index in [4.69, 9.17) is 0 Å². The van der Waals surface area contributed by atoms with E-state index in [9.17, 15) is 26.4 Å². The Morgan fingerprint density at radius 1 is 0.824 bits per heavy atom. The molecule has 0 aliphatic rings. The Morgan fingerprint density at radius 2 is 1.50 bits per heavy atom. The first kappa shape index (κ1) is 23.7. The van der Waals surface area contributed by atoms with Gasteiger partial charge < -0.3 is 4.98 Å². The molecule has 0 atom stereocenters. The van der Waals surface area contributed by atoms with Crippen molar-refractivity contribution in [2.24, 2.45) is 0 Å². The van der Waals surface area contributed by atoms with Gasteiger partial charge in [-0.2, -0.15) is 13.2 Å². The van der Waals surface area contributed by atoms with Crippen molar-refractivity contribution >= 4 is 20.9 Å². The highest BCUT2D eigenvalue weighted by Gasteiger charge is 2.33. The van der Waals surface area contributed by atoms with E-state index in [0.717, 1.165) is 11.1 Å². The lowest BCUT2D eigenvalue weighted by Gasteiger charge is -2.12. The van der Waals surface area contributed by atoms with Crippen molar-refractivity contribution in [1.29, 1.82) is 0 Å². The van der Waals surface area contributed by atoms with Crippen LogP contribution in [0.2, 0.25) is 0 Å². The van der Waals surface area contributed by atoms with Crippen LogP contribution in [0.25, 0.3) is 10.9 Å². The van der Waals surface area contributed by atoms with Crippen molar-refractivity contribution in [2.45, 2.75) is 23.9 Å². The molecule has 2 N–H and O–H groups in total. The van der Waals surface area contributed by atoms with E-state index in [2.05, 4.69) is 9.71 Å². The van der Waals surface area contributed by atoms with Crippen LogP contribution in [0.4, 0.5) is 13.2 Å². The van der Waals surface area contributed by atoms with Crippen molar-refractivity contribution in [2.75, 3.05) is 6.54 Å². The van der Waals surface area contributed by atoms with Gasteiger partial charge in [-0.1, -0.05) is 48.5 Å². The summed E-state index contributed by atoms with van der Waals surface area (Å²) in [5.74, 6) is 0. The third-order valence-corrected chi connectivity index (χ3v) is 6.88. The van der Waals surface area contributed by atoms with Crippen LogP contribution >= 0.6 is 0 Å². The van der Waals surface area contributed by atoms with Gasteiger partial charge in [0, 0.05) is 23.5 Å². The van der Waals surface area contributed by atoms with Crippen molar-refractivity contribution in [3.8, 4) is 0 Å². The highest BCUT2D eigenvalue weighted by Crippen LogP contribution is 2.33. The Kier molecular flexibility index (Phi) is 6.58. The molecule has 0 saturated carbocycles.